The van der Waals surface area contributed by atoms with Crippen molar-refractivity contribution >= 4 is 28.6 Å². The Balaban J connectivity index is 1.45. The van der Waals surface area contributed by atoms with Gasteiger partial charge in [-0.3, -0.25) is 9.36 Å². The molecule has 0 bridgehead atoms. The van der Waals surface area contributed by atoms with E-state index in [4.69, 9.17) is 21.8 Å². The minimum absolute atomic E-state index is 0.0147. The van der Waals surface area contributed by atoms with E-state index in [1.807, 2.05) is 30.3 Å². The lowest BCUT2D eigenvalue weighted by atomic mass is 9.95. The van der Waals surface area contributed by atoms with Gasteiger partial charge in [-0.25, -0.2) is 4.79 Å². The Hall–Kier alpha value is -2.57. The zero-order valence-corrected chi connectivity index (χ0v) is 15.4. The van der Waals surface area contributed by atoms with Crippen molar-refractivity contribution in [3.63, 3.8) is 0 Å². The number of nitrogens with zero attached hydrogens (tertiary/aromatic N) is 2. The molecule has 0 radical (unpaired) electrons. The van der Waals surface area contributed by atoms with E-state index < -0.39 is 5.76 Å². The van der Waals surface area contributed by atoms with Crippen LogP contribution in [0.4, 0.5) is 0 Å². The van der Waals surface area contributed by atoms with Crippen molar-refractivity contribution in [2.24, 2.45) is 5.73 Å². The molecule has 3 aromatic rings. The number of carbonyl (C=O) groups excluding carboxylic acids is 1. The monoisotopic (exact) mass is 385 g/mol. The van der Waals surface area contributed by atoms with Crippen molar-refractivity contribution < 1.29 is 9.21 Å². The van der Waals surface area contributed by atoms with Crippen LogP contribution in [-0.4, -0.2) is 34.5 Å². The van der Waals surface area contributed by atoms with Crippen molar-refractivity contribution in [3.05, 3.63) is 69.7 Å². The summed E-state index contributed by atoms with van der Waals surface area (Å²) in [6.45, 7) is 1.38. The van der Waals surface area contributed by atoms with Gasteiger partial charge in [-0.1, -0.05) is 41.9 Å². The number of likely N-dealkylation sites (tertiary alicyclic amines) is 1. The number of carbonyl (C=O) groups is 1. The number of aromatic nitrogens is 1. The molecule has 140 valence electrons. The molecule has 2 heterocycles. The fourth-order valence-electron chi connectivity index (χ4n) is 3.70. The Morgan fingerprint density at radius 2 is 1.96 bits per heavy atom. The molecule has 1 aromatic heterocycles. The van der Waals surface area contributed by atoms with E-state index in [1.165, 1.54) is 4.57 Å². The molecular weight excluding hydrogens is 366 g/mol. The zero-order chi connectivity index (χ0) is 19.0. The summed E-state index contributed by atoms with van der Waals surface area (Å²) in [6, 6.07) is 14.9. The predicted octanol–water partition coefficient (Wildman–Crippen LogP) is 2.59. The highest BCUT2D eigenvalue weighted by molar-refractivity contribution is 6.31. The predicted molar refractivity (Wildman–Crippen MR) is 104 cm³/mol. The highest BCUT2D eigenvalue weighted by atomic mass is 35.5. The van der Waals surface area contributed by atoms with E-state index in [9.17, 15) is 9.59 Å². The molecule has 1 saturated heterocycles. The second-order valence-electron chi connectivity index (χ2n) is 6.86. The highest BCUT2D eigenvalue weighted by Gasteiger charge is 2.33. The van der Waals surface area contributed by atoms with Crippen LogP contribution in [0, 0.1) is 0 Å². The molecule has 0 spiro atoms. The molecule has 2 atom stereocenters. The fraction of sp³-hybridized carbons (Fsp3) is 0.300. The molecule has 4 rings (SSSR count). The number of rotatable bonds is 4. The molecule has 6 nitrogen and oxygen atoms in total. The molecule has 27 heavy (non-hydrogen) atoms. The van der Waals surface area contributed by atoms with Crippen LogP contribution in [0.25, 0.3) is 11.1 Å². The van der Waals surface area contributed by atoms with Gasteiger partial charge >= 0.3 is 5.76 Å². The zero-order valence-electron chi connectivity index (χ0n) is 14.7. The molecule has 1 amide bonds. The van der Waals surface area contributed by atoms with Crippen molar-refractivity contribution in [2.45, 2.75) is 24.9 Å². The Labute approximate surface area is 161 Å². The quantitative estimate of drug-likeness (QED) is 0.748. The van der Waals surface area contributed by atoms with Crippen molar-refractivity contribution in [1.29, 1.82) is 0 Å². The minimum Gasteiger partial charge on any atom is -0.408 e. The van der Waals surface area contributed by atoms with Gasteiger partial charge in [0.1, 0.15) is 0 Å². The van der Waals surface area contributed by atoms with E-state index >= 15 is 0 Å². The Bertz CT molecular complexity index is 1030. The Morgan fingerprint density at radius 1 is 1.19 bits per heavy atom. The van der Waals surface area contributed by atoms with Gasteiger partial charge in [0.05, 0.1) is 5.52 Å². The summed E-state index contributed by atoms with van der Waals surface area (Å²) >= 11 is 5.93. The summed E-state index contributed by atoms with van der Waals surface area (Å²) in [5, 5.41) is 0.498. The number of nitrogens with two attached hydrogens (primary N) is 1. The van der Waals surface area contributed by atoms with Crippen molar-refractivity contribution in [2.75, 3.05) is 13.1 Å². The molecule has 0 aliphatic carbocycles. The van der Waals surface area contributed by atoms with E-state index in [-0.39, 0.29) is 30.8 Å². The number of aryl methyl sites for hydroxylation is 1. The number of fused-ring (bicyclic) bond motifs is 1. The van der Waals surface area contributed by atoms with E-state index in [1.54, 1.807) is 23.1 Å². The number of amides is 1. The molecule has 0 saturated carbocycles. The first-order chi connectivity index (χ1) is 13.0. The van der Waals surface area contributed by atoms with Crippen molar-refractivity contribution in [3.8, 4) is 0 Å². The van der Waals surface area contributed by atoms with Crippen LogP contribution in [0.5, 0.6) is 0 Å². The number of oxazole rings is 1. The molecule has 1 aliphatic rings. The van der Waals surface area contributed by atoms with Crippen LogP contribution in [0.1, 0.15) is 17.9 Å². The van der Waals surface area contributed by atoms with Gasteiger partial charge in [0.15, 0.2) is 5.58 Å². The summed E-state index contributed by atoms with van der Waals surface area (Å²) in [4.78, 5) is 26.5. The molecule has 1 fully saturated rings. The van der Waals surface area contributed by atoms with Crippen LogP contribution >= 0.6 is 11.6 Å². The number of halogens is 1. The first-order valence-electron chi connectivity index (χ1n) is 8.90. The van der Waals surface area contributed by atoms with Gasteiger partial charge < -0.3 is 15.1 Å². The van der Waals surface area contributed by atoms with Gasteiger partial charge in [0, 0.05) is 49.1 Å². The van der Waals surface area contributed by atoms with Crippen molar-refractivity contribution in [1.82, 2.24) is 9.47 Å². The highest BCUT2D eigenvalue weighted by Crippen LogP contribution is 2.27. The smallest absolute Gasteiger partial charge is 0.408 e. The third-order valence-corrected chi connectivity index (χ3v) is 5.36. The molecule has 7 heteroatoms. The largest absolute Gasteiger partial charge is 0.419 e. The summed E-state index contributed by atoms with van der Waals surface area (Å²) < 4.78 is 6.67. The maximum atomic E-state index is 12.7. The van der Waals surface area contributed by atoms with Gasteiger partial charge in [-0.2, -0.15) is 0 Å². The maximum absolute atomic E-state index is 12.7. The lowest BCUT2D eigenvalue weighted by Gasteiger charge is -2.16. The van der Waals surface area contributed by atoms with Crippen LogP contribution in [0.2, 0.25) is 5.02 Å². The van der Waals surface area contributed by atoms with Gasteiger partial charge in [0.2, 0.25) is 5.91 Å². The van der Waals surface area contributed by atoms with Crippen LogP contribution in [0.3, 0.4) is 0 Å². The number of hydrogen-bond acceptors (Lipinski definition) is 4. The lowest BCUT2D eigenvalue weighted by Crippen LogP contribution is -2.33. The molecule has 1 aliphatic heterocycles. The SMILES string of the molecule is N[C@@H]1CN(C(=O)CCn2c(=O)oc3cc(Cl)ccc32)C[C@H]1c1ccccc1. The third-order valence-electron chi connectivity index (χ3n) is 5.13. The summed E-state index contributed by atoms with van der Waals surface area (Å²) in [5.41, 5.74) is 8.47. The minimum atomic E-state index is -0.486. The fourth-order valence-corrected chi connectivity index (χ4v) is 3.87. The summed E-state index contributed by atoms with van der Waals surface area (Å²) in [6.07, 6.45) is 0.214. The Kier molecular flexibility index (Phi) is 4.76. The second kappa shape index (κ2) is 7.21. The molecule has 0 unspecified atom stereocenters. The number of benzene rings is 2. The third kappa shape index (κ3) is 3.50. The molecule has 2 aromatic carbocycles. The van der Waals surface area contributed by atoms with Gasteiger partial charge in [-0.05, 0) is 17.7 Å². The van der Waals surface area contributed by atoms with Gasteiger partial charge in [0.25, 0.3) is 0 Å². The first kappa shape index (κ1) is 17.8. The van der Waals surface area contributed by atoms with Crippen LogP contribution < -0.4 is 11.5 Å². The molecule has 2 N–H and O–H groups in total. The average molecular weight is 386 g/mol. The summed E-state index contributed by atoms with van der Waals surface area (Å²) in [5.74, 6) is -0.366. The number of hydrogen-bond donors (Lipinski definition) is 1. The topological polar surface area (TPSA) is 81.5 Å². The van der Waals surface area contributed by atoms with E-state index in [0.717, 1.165) is 5.56 Å². The maximum Gasteiger partial charge on any atom is 0.419 e. The normalized spacial score (nSPS) is 19.7. The van der Waals surface area contributed by atoms with Gasteiger partial charge in [-0.15, -0.1) is 0 Å². The van der Waals surface area contributed by atoms with Crippen LogP contribution in [-0.2, 0) is 11.3 Å². The van der Waals surface area contributed by atoms with E-state index in [2.05, 4.69) is 0 Å². The van der Waals surface area contributed by atoms with E-state index in [0.29, 0.717) is 29.2 Å². The molecular formula is C20H20ClN3O3. The second-order valence-corrected chi connectivity index (χ2v) is 7.30. The Morgan fingerprint density at radius 3 is 2.74 bits per heavy atom. The first-order valence-corrected chi connectivity index (χ1v) is 9.28. The standard InChI is InChI=1S/C20H20ClN3O3/c21-14-6-7-17-18(10-14)27-20(26)24(17)9-8-19(25)23-11-15(16(22)12-23)13-4-2-1-3-5-13/h1-7,10,15-16H,8-9,11-12,22H2/t15-,16+/m0/s1. The lowest BCUT2D eigenvalue weighted by molar-refractivity contribution is -0.130. The average Bonchev–Trinajstić information content (AvgIpc) is 3.19. The van der Waals surface area contributed by atoms with Crippen LogP contribution in [0.15, 0.2) is 57.7 Å². The summed E-state index contributed by atoms with van der Waals surface area (Å²) in [7, 11) is 0.